The molecule has 0 aromatic carbocycles. The van der Waals surface area contributed by atoms with Crippen LogP contribution in [0.2, 0.25) is 0 Å². The molecule has 9 nitrogen and oxygen atoms in total. The molecule has 1 amide bonds. The molecule has 0 aromatic rings. The minimum Gasteiger partial charge on any atom is -0.480 e. The molecule has 3 N–H and O–H groups in total. The number of carboxylic acids is 1. The van der Waals surface area contributed by atoms with Gasteiger partial charge in [-0.1, -0.05) is 34.6 Å². The quantitative estimate of drug-likeness (QED) is 0.210. The van der Waals surface area contributed by atoms with E-state index in [0.717, 1.165) is 51.4 Å². The molecule has 7 rings (SSSR count). The van der Waals surface area contributed by atoms with Crippen LogP contribution in [-0.4, -0.2) is 97.2 Å². The molecule has 1 heterocycles. The van der Waals surface area contributed by atoms with Crippen molar-refractivity contribution in [1.82, 2.24) is 10.2 Å². The van der Waals surface area contributed by atoms with Crippen molar-refractivity contribution in [3.05, 3.63) is 0 Å². The van der Waals surface area contributed by atoms with Crippen molar-refractivity contribution in [2.24, 2.45) is 56.7 Å². The predicted octanol–water partition coefficient (Wildman–Crippen LogP) is 6.41. The number of ether oxygens (including phenoxy) is 3. The third kappa shape index (κ3) is 6.06. The molecule has 296 valence electrons. The smallest absolute Gasteiger partial charge is 0.414 e. The van der Waals surface area contributed by atoms with Gasteiger partial charge in [0.15, 0.2) is 6.29 Å². The van der Waals surface area contributed by atoms with Crippen LogP contribution < -0.4 is 5.32 Å². The summed E-state index contributed by atoms with van der Waals surface area (Å²) >= 11 is 0. The zero-order valence-electron chi connectivity index (χ0n) is 32.1. The Bertz CT molecular complexity index is 1380. The molecule has 1 aliphatic heterocycles. The third-order valence-electron chi connectivity index (χ3n) is 16.8. The summed E-state index contributed by atoms with van der Waals surface area (Å²) in [7, 11) is 1.46. The van der Waals surface area contributed by atoms with Gasteiger partial charge in [-0.25, -0.2) is 0 Å². The standard InChI is InChI=1S/C40H63F3N2O7/c1-23(17-25(50-6)20-44-33(34(48)49)40(41,42)43)26-19-29(46)37(5)28-10-9-27-35(2,3)30(11-12-38(27)22-39(28,38)14-13-36(26,37)4)52-32-21-45(15-16-51-32)31(47)18-24-7-8-24/h23-30,32-33,44,46H,7-22H2,1-6H3,(H,48,49)/t23-,25?,26-,27?,28?,29+,30?,32+,33?,36?,37-,38?,39?/m1/s1. The van der Waals surface area contributed by atoms with Gasteiger partial charge in [-0.3, -0.25) is 14.9 Å². The number of aliphatic hydroxyl groups is 1. The number of morpholine rings is 1. The van der Waals surface area contributed by atoms with E-state index < -0.39 is 36.7 Å². The highest BCUT2D eigenvalue weighted by Gasteiger charge is 2.83. The number of nitrogens with zero attached hydrogens (tertiary/aromatic N) is 1. The summed E-state index contributed by atoms with van der Waals surface area (Å²) in [6.07, 6.45) is 5.38. The Hall–Kier alpha value is -1.47. The van der Waals surface area contributed by atoms with Crippen LogP contribution in [0.5, 0.6) is 0 Å². The van der Waals surface area contributed by atoms with Crippen LogP contribution in [0, 0.1) is 56.7 Å². The van der Waals surface area contributed by atoms with Crippen molar-refractivity contribution in [2.75, 3.05) is 33.4 Å². The maximum absolute atomic E-state index is 13.3. The van der Waals surface area contributed by atoms with Gasteiger partial charge in [-0.15, -0.1) is 0 Å². The monoisotopic (exact) mass is 740 g/mol. The summed E-state index contributed by atoms with van der Waals surface area (Å²) in [5, 5.41) is 23.4. The summed E-state index contributed by atoms with van der Waals surface area (Å²) in [5.74, 6) is -0.0289. The van der Waals surface area contributed by atoms with Crippen molar-refractivity contribution in [2.45, 2.75) is 148 Å². The third-order valence-corrected chi connectivity index (χ3v) is 16.8. The molecule has 52 heavy (non-hydrogen) atoms. The number of carbonyl (C=O) groups excluding carboxylic acids is 1. The lowest BCUT2D eigenvalue weighted by molar-refractivity contribution is -0.248. The van der Waals surface area contributed by atoms with Crippen LogP contribution in [0.15, 0.2) is 0 Å². The topological polar surface area (TPSA) is 118 Å². The Morgan fingerprint density at radius 1 is 1.02 bits per heavy atom. The fraction of sp³-hybridized carbons (Fsp3) is 0.950. The number of carboxylic acid groups (broad SMARTS) is 1. The molecule has 7 aliphatic rings. The Kier molecular flexibility index (Phi) is 9.95. The van der Waals surface area contributed by atoms with Gasteiger partial charge >= 0.3 is 12.1 Å². The minimum atomic E-state index is -4.90. The molecule has 2 spiro atoms. The van der Waals surface area contributed by atoms with E-state index in [1.807, 2.05) is 4.90 Å². The highest BCUT2D eigenvalue weighted by molar-refractivity contribution is 5.76. The van der Waals surface area contributed by atoms with Crippen molar-refractivity contribution < 1.29 is 47.2 Å². The highest BCUT2D eigenvalue weighted by Crippen LogP contribution is 2.89. The second-order valence-electron chi connectivity index (χ2n) is 19.3. The molecule has 1 saturated heterocycles. The highest BCUT2D eigenvalue weighted by atomic mass is 19.4. The summed E-state index contributed by atoms with van der Waals surface area (Å²) in [6.45, 7) is 13.0. The molecule has 12 heteroatoms. The molecule has 8 unspecified atom stereocenters. The van der Waals surface area contributed by atoms with Crippen molar-refractivity contribution >= 4 is 11.9 Å². The lowest BCUT2D eigenvalue weighted by Crippen LogP contribution is -2.60. The molecule has 0 radical (unpaired) electrons. The summed E-state index contributed by atoms with van der Waals surface area (Å²) in [5.41, 5.74) is -0.0526. The first-order valence-corrected chi connectivity index (χ1v) is 20.1. The van der Waals surface area contributed by atoms with Crippen LogP contribution in [-0.2, 0) is 23.8 Å². The van der Waals surface area contributed by atoms with Crippen LogP contribution in [0.1, 0.15) is 112 Å². The number of alkyl halides is 3. The van der Waals surface area contributed by atoms with E-state index in [-0.39, 0.29) is 57.5 Å². The number of fused-ring (bicyclic) bond motifs is 2. The lowest BCUT2D eigenvalue weighted by Gasteiger charge is -2.64. The number of hydrogen-bond acceptors (Lipinski definition) is 7. The average molecular weight is 741 g/mol. The van der Waals surface area contributed by atoms with Crippen LogP contribution in [0.25, 0.3) is 0 Å². The number of carbonyl (C=O) groups is 2. The van der Waals surface area contributed by atoms with Gasteiger partial charge in [-0.2, -0.15) is 13.2 Å². The van der Waals surface area contributed by atoms with E-state index in [2.05, 4.69) is 39.9 Å². The maximum Gasteiger partial charge on any atom is 0.414 e. The summed E-state index contributed by atoms with van der Waals surface area (Å²) in [6, 6.07) is -2.64. The summed E-state index contributed by atoms with van der Waals surface area (Å²) < 4.78 is 58.5. The van der Waals surface area contributed by atoms with Crippen LogP contribution >= 0.6 is 0 Å². The normalized spacial score (nSPS) is 44.1. The largest absolute Gasteiger partial charge is 0.480 e. The molecule has 7 fully saturated rings. The number of amides is 1. The number of hydrogen-bond donors (Lipinski definition) is 3. The zero-order valence-corrected chi connectivity index (χ0v) is 32.1. The molecule has 0 bridgehead atoms. The molecule has 6 saturated carbocycles. The lowest BCUT2D eigenvalue weighted by atomic mass is 9.41. The molecule has 6 aliphatic carbocycles. The van der Waals surface area contributed by atoms with Gasteiger partial charge in [0.1, 0.15) is 0 Å². The van der Waals surface area contributed by atoms with Gasteiger partial charge in [0.25, 0.3) is 0 Å². The second kappa shape index (κ2) is 13.3. The van der Waals surface area contributed by atoms with E-state index in [0.29, 0.717) is 56.7 Å². The van der Waals surface area contributed by atoms with E-state index in [1.165, 1.54) is 13.5 Å². The van der Waals surface area contributed by atoms with Gasteiger partial charge in [0.2, 0.25) is 11.9 Å². The van der Waals surface area contributed by atoms with Crippen molar-refractivity contribution in [1.29, 1.82) is 0 Å². The molecular formula is C40H63F3N2O7. The zero-order chi connectivity index (χ0) is 37.6. The van der Waals surface area contributed by atoms with E-state index >= 15 is 0 Å². The van der Waals surface area contributed by atoms with Crippen LogP contribution in [0.4, 0.5) is 13.2 Å². The Labute approximate surface area is 307 Å². The van der Waals surface area contributed by atoms with Gasteiger partial charge in [0, 0.05) is 32.0 Å². The van der Waals surface area contributed by atoms with Crippen molar-refractivity contribution in [3.63, 3.8) is 0 Å². The Morgan fingerprint density at radius 3 is 2.37 bits per heavy atom. The number of methoxy groups -OCH3 is 1. The van der Waals surface area contributed by atoms with E-state index in [4.69, 9.17) is 19.3 Å². The van der Waals surface area contributed by atoms with Crippen LogP contribution in [0.3, 0.4) is 0 Å². The number of aliphatic carboxylic acids is 1. The first kappa shape index (κ1) is 38.8. The van der Waals surface area contributed by atoms with Gasteiger partial charge in [0.05, 0.1) is 31.5 Å². The van der Waals surface area contributed by atoms with E-state index in [9.17, 15) is 27.9 Å². The molecule has 0 aromatic heterocycles. The number of nitrogens with one attached hydrogen (secondary N) is 1. The molecule has 13 atom stereocenters. The van der Waals surface area contributed by atoms with Gasteiger partial charge < -0.3 is 29.3 Å². The second-order valence-corrected chi connectivity index (χ2v) is 19.3. The maximum atomic E-state index is 13.3. The first-order valence-electron chi connectivity index (χ1n) is 20.1. The minimum absolute atomic E-state index is 0.0534. The average Bonchev–Trinajstić information content (AvgIpc) is 3.99. The number of rotatable bonds is 12. The number of halogens is 3. The van der Waals surface area contributed by atoms with E-state index in [1.54, 1.807) is 0 Å². The molecular weight excluding hydrogens is 677 g/mol. The Balaban J connectivity index is 1.02. The first-order chi connectivity index (χ1) is 24.3. The fourth-order valence-electron chi connectivity index (χ4n) is 13.8. The predicted molar refractivity (Wildman–Crippen MR) is 187 cm³/mol. The number of aliphatic hydroxyl groups excluding tert-OH is 1. The Morgan fingerprint density at radius 2 is 1.71 bits per heavy atom. The van der Waals surface area contributed by atoms with Gasteiger partial charge in [-0.05, 0) is 122 Å². The summed E-state index contributed by atoms with van der Waals surface area (Å²) in [4.78, 5) is 26.1. The SMILES string of the molecule is COC(CNC(C(=O)O)C(F)(F)F)C[C@@H](C)[C@H]1C[C@H](O)[C@@]2(C)C3CCC4C(C)(C)C(O[C@H]5CN(C(=O)CC6CC6)CCO5)CCC45CC35CCC12C. The fourth-order valence-corrected chi connectivity index (χ4v) is 13.8. The van der Waals surface area contributed by atoms with Crippen molar-refractivity contribution in [3.8, 4) is 0 Å².